The van der Waals surface area contributed by atoms with Gasteiger partial charge in [-0.15, -0.1) is 0 Å². The van der Waals surface area contributed by atoms with E-state index in [1.54, 1.807) is 7.11 Å². The summed E-state index contributed by atoms with van der Waals surface area (Å²) in [7, 11) is 1.62. The summed E-state index contributed by atoms with van der Waals surface area (Å²) in [5.41, 5.74) is 8.03. The van der Waals surface area contributed by atoms with Gasteiger partial charge in [-0.2, -0.15) is 10.5 Å². The molecule has 0 aliphatic rings. The molecule has 0 spiro atoms. The fourth-order valence-electron chi connectivity index (χ4n) is 6.96. The van der Waals surface area contributed by atoms with Crippen LogP contribution in [0.15, 0.2) is 158 Å². The average Bonchev–Trinajstić information content (AvgIpc) is 3.27. The number of rotatable bonds is 17. The first-order valence-corrected chi connectivity index (χ1v) is 19.6. The van der Waals surface area contributed by atoms with E-state index in [0.29, 0.717) is 35.2 Å². The van der Waals surface area contributed by atoms with Crippen LogP contribution in [-0.2, 0) is 0 Å². The van der Waals surface area contributed by atoms with Crippen LogP contribution in [0.2, 0.25) is 0 Å². The summed E-state index contributed by atoms with van der Waals surface area (Å²) in [6.07, 6.45) is 9.76. The minimum atomic E-state index is 0.412. The smallest absolute Gasteiger partial charge is 0.127 e. The molecule has 0 aliphatic carbocycles. The molecule has 1 unspecified atom stereocenters. The molecular weight excluding hydrogens is 701 g/mol. The van der Waals surface area contributed by atoms with E-state index in [0.717, 1.165) is 64.5 Å². The molecule has 0 radical (unpaired) electrons. The summed E-state index contributed by atoms with van der Waals surface area (Å²) >= 11 is 0. The molecule has 0 heterocycles. The molecule has 6 aromatic rings. The fraction of sp³-hybridized carbons (Fsp3) is 0.176. The summed E-state index contributed by atoms with van der Waals surface area (Å²) < 4.78 is 12.3. The van der Waals surface area contributed by atoms with E-state index in [-0.39, 0.29) is 0 Å². The van der Waals surface area contributed by atoms with Crippen molar-refractivity contribution in [3.8, 4) is 23.6 Å². The van der Waals surface area contributed by atoms with Crippen molar-refractivity contribution in [2.75, 3.05) is 23.5 Å². The zero-order valence-corrected chi connectivity index (χ0v) is 32.9. The molecule has 6 heteroatoms. The van der Waals surface area contributed by atoms with Crippen molar-refractivity contribution in [1.82, 2.24) is 0 Å². The summed E-state index contributed by atoms with van der Waals surface area (Å²) in [6, 6.07) is 55.3. The van der Waals surface area contributed by atoms with E-state index in [4.69, 9.17) is 9.47 Å². The predicted octanol–water partition coefficient (Wildman–Crippen LogP) is 13.8. The highest BCUT2D eigenvalue weighted by molar-refractivity contribution is 5.98. The lowest BCUT2D eigenvalue weighted by Crippen LogP contribution is -2.15. The molecule has 0 aromatic heterocycles. The summed E-state index contributed by atoms with van der Waals surface area (Å²) in [5.74, 6) is 1.71. The normalized spacial score (nSPS) is 11.7. The Morgan fingerprint density at radius 2 is 1.18 bits per heavy atom. The zero-order valence-electron chi connectivity index (χ0n) is 32.9. The Bertz CT molecular complexity index is 2270. The van der Waals surface area contributed by atoms with Crippen LogP contribution >= 0.6 is 0 Å². The van der Waals surface area contributed by atoms with Crippen molar-refractivity contribution in [1.29, 1.82) is 10.5 Å². The lowest BCUT2D eigenvalue weighted by Gasteiger charge is -2.31. The Morgan fingerprint density at radius 1 is 0.667 bits per heavy atom. The number of ether oxygens (including phenoxy) is 2. The third kappa shape index (κ3) is 9.81. The number of nitrogens with zero attached hydrogens (tertiary/aromatic N) is 4. The third-order valence-electron chi connectivity index (χ3n) is 9.96. The van der Waals surface area contributed by atoms with Gasteiger partial charge in [0.25, 0.3) is 0 Å². The van der Waals surface area contributed by atoms with E-state index < -0.39 is 0 Å². The molecule has 6 nitrogen and oxygen atoms in total. The van der Waals surface area contributed by atoms with E-state index >= 15 is 0 Å². The van der Waals surface area contributed by atoms with Crippen LogP contribution in [0.5, 0.6) is 11.5 Å². The first kappa shape index (κ1) is 39.7. The van der Waals surface area contributed by atoms with Crippen LogP contribution < -0.4 is 19.3 Å². The lowest BCUT2D eigenvalue weighted by molar-refractivity contribution is 0.233. The van der Waals surface area contributed by atoms with Gasteiger partial charge in [0.05, 0.1) is 42.8 Å². The van der Waals surface area contributed by atoms with E-state index in [2.05, 4.69) is 96.4 Å². The molecule has 0 bridgehead atoms. The van der Waals surface area contributed by atoms with E-state index in [9.17, 15) is 10.5 Å². The Balaban J connectivity index is 1.63. The second-order valence-electron chi connectivity index (χ2n) is 13.7. The third-order valence-corrected chi connectivity index (χ3v) is 9.96. The summed E-state index contributed by atoms with van der Waals surface area (Å²) in [6.45, 7) is 5.03. The molecule has 0 aliphatic heterocycles. The maximum atomic E-state index is 11.0. The van der Waals surface area contributed by atoms with Crippen LogP contribution in [0.25, 0.3) is 17.7 Å². The first-order valence-electron chi connectivity index (χ1n) is 19.6. The Labute approximate surface area is 337 Å². The van der Waals surface area contributed by atoms with Gasteiger partial charge in [0.15, 0.2) is 0 Å². The van der Waals surface area contributed by atoms with Crippen molar-refractivity contribution < 1.29 is 9.47 Å². The molecule has 0 saturated carbocycles. The Morgan fingerprint density at radius 3 is 1.63 bits per heavy atom. The molecule has 284 valence electrons. The molecule has 0 amide bonds. The number of para-hydroxylation sites is 4. The highest BCUT2D eigenvalue weighted by Crippen LogP contribution is 2.45. The SMILES string of the molecule is CCCCC(CC)COc1ccc(OC)c(/C(C#N)=C/c2cc(N(c3ccccc3)c3ccccc3)c(/C=C/C#N)cc2N(c2ccccc2)c2ccccc2)c1. The van der Waals surface area contributed by atoms with Gasteiger partial charge in [0.2, 0.25) is 0 Å². The predicted molar refractivity (Wildman–Crippen MR) is 236 cm³/mol. The minimum absolute atomic E-state index is 0.412. The van der Waals surface area contributed by atoms with Crippen molar-refractivity contribution in [3.05, 3.63) is 174 Å². The lowest BCUT2D eigenvalue weighted by atomic mass is 9.97. The fourth-order valence-corrected chi connectivity index (χ4v) is 6.96. The standard InChI is InChI=1S/C51H48N4O2/c1-4-6-20-39(5-2)38-57-47-30-31-51(56-3)48(36-47)42(37-53)33-41-35-49(54(43-22-11-7-12-23-43)44-24-13-8-14-25-44)40(21-19-32-52)34-50(41)55(45-26-15-9-16-27-45)46-28-17-10-18-29-46/h7-19,21-31,33-36,39H,4-6,20,38H2,1-3H3/b21-19+,42-33+. The van der Waals surface area contributed by atoms with E-state index in [1.165, 1.54) is 12.5 Å². The number of anilines is 6. The topological polar surface area (TPSA) is 72.5 Å². The van der Waals surface area contributed by atoms with Gasteiger partial charge < -0.3 is 19.3 Å². The zero-order chi connectivity index (χ0) is 39.8. The number of methoxy groups -OCH3 is 1. The van der Waals surface area contributed by atoms with Gasteiger partial charge in [-0.3, -0.25) is 0 Å². The van der Waals surface area contributed by atoms with Crippen LogP contribution in [0.3, 0.4) is 0 Å². The second kappa shape index (κ2) is 20.1. The molecule has 0 saturated heterocycles. The van der Waals surface area contributed by atoms with E-state index in [1.807, 2.05) is 103 Å². The number of hydrogen-bond acceptors (Lipinski definition) is 6. The van der Waals surface area contributed by atoms with Gasteiger partial charge in [-0.05, 0) is 103 Å². The number of allylic oxidation sites excluding steroid dienone is 2. The largest absolute Gasteiger partial charge is 0.496 e. The summed E-state index contributed by atoms with van der Waals surface area (Å²) in [4.78, 5) is 4.36. The van der Waals surface area contributed by atoms with Gasteiger partial charge in [0, 0.05) is 45.5 Å². The molecule has 1 atom stereocenters. The molecule has 6 rings (SSSR count). The average molecular weight is 749 g/mol. The highest BCUT2D eigenvalue weighted by Gasteiger charge is 2.23. The van der Waals surface area contributed by atoms with Gasteiger partial charge >= 0.3 is 0 Å². The highest BCUT2D eigenvalue weighted by atomic mass is 16.5. The second-order valence-corrected chi connectivity index (χ2v) is 13.7. The summed E-state index contributed by atoms with van der Waals surface area (Å²) in [5, 5.41) is 20.8. The molecular formula is C51H48N4O2. The maximum Gasteiger partial charge on any atom is 0.127 e. The number of hydrogen-bond donors (Lipinski definition) is 0. The molecule has 0 N–H and O–H groups in total. The Kier molecular flexibility index (Phi) is 14.0. The monoisotopic (exact) mass is 748 g/mol. The van der Waals surface area contributed by atoms with Gasteiger partial charge in [0.1, 0.15) is 11.5 Å². The van der Waals surface area contributed by atoms with Crippen LogP contribution in [0.1, 0.15) is 56.2 Å². The minimum Gasteiger partial charge on any atom is -0.496 e. The van der Waals surface area contributed by atoms with Crippen LogP contribution in [-0.4, -0.2) is 13.7 Å². The van der Waals surface area contributed by atoms with Crippen LogP contribution in [0.4, 0.5) is 34.1 Å². The number of nitriles is 2. The molecule has 6 aromatic carbocycles. The quantitative estimate of drug-likeness (QED) is 0.0683. The molecule has 57 heavy (non-hydrogen) atoms. The van der Waals surface area contributed by atoms with Crippen molar-refractivity contribution in [2.24, 2.45) is 5.92 Å². The number of benzene rings is 6. The molecule has 0 fully saturated rings. The van der Waals surface area contributed by atoms with Gasteiger partial charge in [-0.25, -0.2) is 0 Å². The number of unbranched alkanes of at least 4 members (excludes halogenated alkanes) is 1. The van der Waals surface area contributed by atoms with Crippen molar-refractivity contribution in [3.63, 3.8) is 0 Å². The maximum absolute atomic E-state index is 11.0. The van der Waals surface area contributed by atoms with Crippen LogP contribution in [0, 0.1) is 28.6 Å². The first-order chi connectivity index (χ1) is 28.1. The Hall–Kier alpha value is -7.02. The van der Waals surface area contributed by atoms with Crippen molar-refractivity contribution >= 4 is 51.8 Å². The van der Waals surface area contributed by atoms with Gasteiger partial charge in [-0.1, -0.05) is 106 Å². The van der Waals surface area contributed by atoms with Crippen molar-refractivity contribution in [2.45, 2.75) is 39.5 Å².